The van der Waals surface area contributed by atoms with Gasteiger partial charge >= 0.3 is 0 Å². The van der Waals surface area contributed by atoms with Gasteiger partial charge in [-0.2, -0.15) is 0 Å². The Morgan fingerprint density at radius 2 is 1.00 bits per heavy atom. The van der Waals surface area contributed by atoms with Crippen molar-refractivity contribution in [3.05, 3.63) is 274 Å². The molecule has 0 atom stereocenters. The van der Waals surface area contributed by atoms with E-state index in [2.05, 4.69) is 203 Å². The Kier molecular flexibility index (Phi) is 10.5. The molecular weight excluding hydrogens is 779 g/mol. The molecule has 0 radical (unpaired) electrons. The van der Waals surface area contributed by atoms with Crippen LogP contribution in [0.1, 0.15) is 69.5 Å². The fraction of sp³-hybridized carbons (Fsp3) is 0.0984. The zero-order chi connectivity index (χ0) is 43.0. The number of nitrogens with one attached hydrogen (secondary N) is 1. The van der Waals surface area contributed by atoms with Gasteiger partial charge in [-0.3, -0.25) is 0 Å². The van der Waals surface area contributed by atoms with Gasteiger partial charge in [-0.15, -0.1) is 11.3 Å². The lowest BCUT2D eigenvalue weighted by Gasteiger charge is -2.46. The molecule has 12 rings (SSSR count). The molecular formula is C61H49NS. The van der Waals surface area contributed by atoms with Crippen molar-refractivity contribution in [1.29, 1.82) is 5.41 Å². The third-order valence-corrected chi connectivity index (χ3v) is 14.3. The van der Waals surface area contributed by atoms with E-state index in [1.165, 1.54) is 98.7 Å². The van der Waals surface area contributed by atoms with E-state index in [1.807, 2.05) is 47.7 Å². The van der Waals surface area contributed by atoms with Gasteiger partial charge in [0.25, 0.3) is 0 Å². The van der Waals surface area contributed by atoms with Gasteiger partial charge < -0.3 is 5.41 Å². The minimum absolute atomic E-state index is 0.128. The minimum Gasteiger partial charge on any atom is -0.308 e. The quantitative estimate of drug-likeness (QED) is 0.171. The first-order chi connectivity index (χ1) is 30.9. The van der Waals surface area contributed by atoms with Gasteiger partial charge in [0.05, 0.1) is 5.41 Å². The van der Waals surface area contributed by atoms with Crippen LogP contribution in [0.3, 0.4) is 0 Å². The maximum atomic E-state index is 8.47. The second kappa shape index (κ2) is 16.6. The minimum atomic E-state index is -0.450. The molecule has 1 aromatic heterocycles. The molecule has 1 N–H and O–H groups in total. The van der Waals surface area contributed by atoms with Crippen LogP contribution in [0.25, 0.3) is 42.4 Å². The van der Waals surface area contributed by atoms with E-state index in [4.69, 9.17) is 5.41 Å². The number of fused-ring (bicyclic) bond motifs is 12. The summed E-state index contributed by atoms with van der Waals surface area (Å²) >= 11 is 1.88. The molecule has 0 bridgehead atoms. The number of hydrogen-bond donors (Lipinski definition) is 1. The van der Waals surface area contributed by atoms with E-state index in [-0.39, 0.29) is 5.41 Å². The van der Waals surface area contributed by atoms with Crippen molar-refractivity contribution in [3.8, 4) is 22.3 Å². The van der Waals surface area contributed by atoms with E-state index in [9.17, 15) is 0 Å². The number of rotatable bonds is 4. The normalized spacial score (nSPS) is 13.4. The Hall–Kier alpha value is -7.13. The zero-order valence-corrected chi connectivity index (χ0v) is 36.8. The van der Waals surface area contributed by atoms with E-state index in [0.29, 0.717) is 0 Å². The Morgan fingerprint density at radius 3 is 1.67 bits per heavy atom. The number of thiophene rings is 1. The monoisotopic (exact) mass is 827 g/mol. The number of hydrogen-bond acceptors (Lipinski definition) is 2. The van der Waals surface area contributed by atoms with Gasteiger partial charge in [0.15, 0.2) is 0 Å². The van der Waals surface area contributed by atoms with Crippen LogP contribution in [-0.4, -0.2) is 6.21 Å². The largest absolute Gasteiger partial charge is 0.308 e. The predicted octanol–water partition coefficient (Wildman–Crippen LogP) is 16.0. The topological polar surface area (TPSA) is 23.9 Å². The first-order valence-electron chi connectivity index (χ1n) is 21.9. The van der Waals surface area contributed by atoms with Gasteiger partial charge in [0.2, 0.25) is 0 Å². The van der Waals surface area contributed by atoms with E-state index >= 15 is 0 Å². The lowest BCUT2D eigenvalue weighted by atomic mass is 9.55. The van der Waals surface area contributed by atoms with Crippen LogP contribution in [0.2, 0.25) is 0 Å². The first-order valence-corrected chi connectivity index (χ1v) is 22.7. The molecule has 0 saturated heterocycles. The molecule has 304 valence electrons. The number of benzene rings is 9. The summed E-state index contributed by atoms with van der Waals surface area (Å²) in [5.74, 6) is 0. The van der Waals surface area contributed by atoms with Crippen LogP contribution in [0.4, 0.5) is 0 Å². The fourth-order valence-corrected chi connectivity index (χ4v) is 11.4. The summed E-state index contributed by atoms with van der Waals surface area (Å²) in [6.07, 6.45) is 2.56. The van der Waals surface area contributed by atoms with Crippen molar-refractivity contribution in [2.75, 3.05) is 0 Å². The summed E-state index contributed by atoms with van der Waals surface area (Å²) in [4.78, 5) is 0. The second-order valence-corrected chi connectivity index (χ2v) is 18.3. The van der Waals surface area contributed by atoms with Gasteiger partial charge in [0, 0.05) is 37.4 Å². The Bertz CT molecular complexity index is 3170. The van der Waals surface area contributed by atoms with E-state index < -0.39 is 5.41 Å². The maximum Gasteiger partial charge on any atom is 0.0719 e. The van der Waals surface area contributed by atoms with Gasteiger partial charge in [-0.05, 0) is 92.2 Å². The predicted molar refractivity (Wildman–Crippen MR) is 269 cm³/mol. The van der Waals surface area contributed by atoms with Crippen LogP contribution in [0, 0.1) is 12.3 Å². The lowest BCUT2D eigenvalue weighted by molar-refractivity contribution is 0.563. The highest BCUT2D eigenvalue weighted by Crippen LogP contribution is 2.63. The van der Waals surface area contributed by atoms with Crippen molar-refractivity contribution >= 4 is 37.7 Å². The third-order valence-electron chi connectivity index (χ3n) is 13.1. The molecule has 2 aliphatic rings. The summed E-state index contributed by atoms with van der Waals surface area (Å²) in [5, 5.41) is 11.1. The maximum absolute atomic E-state index is 8.47. The molecule has 2 heteroatoms. The highest BCUT2D eigenvalue weighted by Gasteiger charge is 2.53. The summed E-state index contributed by atoms with van der Waals surface area (Å²) < 4.78 is 2.64. The zero-order valence-electron chi connectivity index (χ0n) is 36.0. The van der Waals surface area contributed by atoms with Crippen molar-refractivity contribution < 1.29 is 0 Å². The third kappa shape index (κ3) is 6.92. The average Bonchev–Trinajstić information content (AvgIpc) is 3.87. The van der Waals surface area contributed by atoms with Gasteiger partial charge in [0.1, 0.15) is 0 Å². The Labute approximate surface area is 375 Å². The van der Waals surface area contributed by atoms with Crippen molar-refractivity contribution in [1.82, 2.24) is 0 Å². The van der Waals surface area contributed by atoms with Crippen LogP contribution in [0.5, 0.6) is 0 Å². The van der Waals surface area contributed by atoms with Gasteiger partial charge in [-0.1, -0.05) is 226 Å². The summed E-state index contributed by atoms with van der Waals surface area (Å²) in [5.41, 5.74) is 17.4. The summed E-state index contributed by atoms with van der Waals surface area (Å²) in [6, 6.07) is 78.4. The second-order valence-electron chi connectivity index (χ2n) is 17.2. The smallest absolute Gasteiger partial charge is 0.0719 e. The van der Waals surface area contributed by atoms with Crippen LogP contribution in [0.15, 0.2) is 218 Å². The lowest BCUT2D eigenvalue weighted by Crippen LogP contribution is -2.40. The van der Waals surface area contributed by atoms with Crippen molar-refractivity contribution in [2.24, 2.45) is 0 Å². The van der Waals surface area contributed by atoms with Gasteiger partial charge in [-0.25, -0.2) is 0 Å². The molecule has 10 aromatic rings. The Morgan fingerprint density at radius 1 is 0.460 bits per heavy atom. The highest BCUT2D eigenvalue weighted by atomic mass is 32.1. The molecule has 0 aliphatic heterocycles. The summed E-state index contributed by atoms with van der Waals surface area (Å²) in [7, 11) is 0. The van der Waals surface area contributed by atoms with Crippen LogP contribution >= 0.6 is 11.3 Å². The molecule has 63 heavy (non-hydrogen) atoms. The SMILES string of the molecule is CC1(C)c2ccccc2C2(c3ccc(-c4cccc5c4sc4ccccc45)cc3-c3c(C=N)cccc32)c2ccccc21.Cc1ccc(Cc2ccccc2)cc1.c1ccccc1. The fourth-order valence-electron chi connectivity index (χ4n) is 10.2. The first kappa shape index (κ1) is 40.0. The Balaban J connectivity index is 0.000000194. The van der Waals surface area contributed by atoms with Crippen molar-refractivity contribution in [2.45, 2.75) is 38.0 Å². The molecule has 0 saturated carbocycles. The standard InChI is InChI=1S/C41H29NS.C14H14.C6H6/c1-40(2)32-15-4-6-17-34(32)41(35-18-7-5-16-33(35)40)31-22-21-25(23-30(31)38-26(24-42)11-9-19-36(38)41)27-13-10-14-29-28-12-3-8-20-37(28)43-39(27)29;1-12-7-9-14(10-8-12)11-13-5-3-2-4-6-13;1-2-4-6-5-3-1/h3-24,42H,1-2H3;2-10H,11H2,1H3;1-6H. The molecule has 9 aromatic carbocycles. The molecule has 0 amide bonds. The molecule has 0 fully saturated rings. The van der Waals surface area contributed by atoms with Crippen LogP contribution < -0.4 is 0 Å². The highest BCUT2D eigenvalue weighted by molar-refractivity contribution is 7.26. The molecule has 0 unspecified atom stereocenters. The van der Waals surface area contributed by atoms with Crippen molar-refractivity contribution in [3.63, 3.8) is 0 Å². The van der Waals surface area contributed by atoms with E-state index in [0.717, 1.165) is 12.0 Å². The average molecular weight is 828 g/mol. The molecule has 1 nitrogen and oxygen atoms in total. The molecule has 2 aliphatic carbocycles. The molecule has 1 spiro atoms. The summed E-state index contributed by atoms with van der Waals surface area (Å²) in [6.45, 7) is 6.83. The molecule has 1 heterocycles. The van der Waals surface area contributed by atoms with Crippen LogP contribution in [-0.2, 0) is 17.3 Å². The number of aryl methyl sites for hydroxylation is 1. The van der Waals surface area contributed by atoms with E-state index in [1.54, 1.807) is 0 Å².